The van der Waals surface area contributed by atoms with Crippen molar-refractivity contribution in [1.29, 1.82) is 5.26 Å². The fraction of sp³-hybridized carbons (Fsp3) is 0. The molecule has 0 amide bonds. The second-order valence-corrected chi connectivity index (χ2v) is 4.85. The summed E-state index contributed by atoms with van der Waals surface area (Å²) in [5.74, 6) is -0.417. The third kappa shape index (κ3) is 2.26. The van der Waals surface area contributed by atoms with Gasteiger partial charge in [-0.3, -0.25) is 0 Å². The van der Waals surface area contributed by atoms with Gasteiger partial charge in [0.2, 0.25) is 0 Å². The van der Waals surface area contributed by atoms with Gasteiger partial charge >= 0.3 is 0 Å². The second-order valence-electron chi connectivity index (χ2n) is 3.96. The van der Waals surface area contributed by atoms with Crippen LogP contribution in [0.4, 0.5) is 15.8 Å². The molecule has 1 aromatic heterocycles. The number of nitrogens with one attached hydrogen (secondary N) is 1. The van der Waals surface area contributed by atoms with Gasteiger partial charge in [0.25, 0.3) is 0 Å². The predicted octanol–water partition coefficient (Wildman–Crippen LogP) is 4.05. The number of rotatable bonds is 2. The molecule has 0 bridgehead atoms. The number of aromatic nitrogens is 1. The monoisotopic (exact) mass is 269 g/mol. The van der Waals surface area contributed by atoms with Crippen molar-refractivity contribution in [3.05, 3.63) is 53.3 Å². The number of benzene rings is 2. The van der Waals surface area contributed by atoms with E-state index in [0.29, 0.717) is 5.69 Å². The number of fused-ring (bicyclic) bond motifs is 1. The van der Waals surface area contributed by atoms with Gasteiger partial charge in [-0.05, 0) is 36.4 Å². The van der Waals surface area contributed by atoms with Gasteiger partial charge in [-0.2, -0.15) is 5.26 Å². The van der Waals surface area contributed by atoms with Crippen LogP contribution in [0.1, 0.15) is 5.56 Å². The first-order chi connectivity index (χ1) is 9.26. The first kappa shape index (κ1) is 11.6. The number of thiazole rings is 1. The van der Waals surface area contributed by atoms with Gasteiger partial charge < -0.3 is 5.32 Å². The molecule has 0 spiro atoms. The van der Waals surface area contributed by atoms with E-state index >= 15 is 0 Å². The SMILES string of the molecule is N#Cc1cc(F)ccc1Nc1ccc2ncsc2c1. The van der Waals surface area contributed by atoms with Crippen molar-refractivity contribution in [3.63, 3.8) is 0 Å². The Morgan fingerprint density at radius 3 is 2.95 bits per heavy atom. The van der Waals surface area contributed by atoms with E-state index in [-0.39, 0.29) is 5.56 Å². The smallest absolute Gasteiger partial charge is 0.124 e. The maximum absolute atomic E-state index is 13.1. The Kier molecular flexibility index (Phi) is 2.86. The number of hydrogen-bond donors (Lipinski definition) is 1. The minimum absolute atomic E-state index is 0.282. The molecule has 92 valence electrons. The first-order valence-corrected chi connectivity index (χ1v) is 6.44. The van der Waals surface area contributed by atoms with Gasteiger partial charge in [0.1, 0.15) is 11.9 Å². The molecule has 0 unspecified atom stereocenters. The summed E-state index contributed by atoms with van der Waals surface area (Å²) in [5.41, 5.74) is 4.44. The lowest BCUT2D eigenvalue weighted by Crippen LogP contribution is -1.94. The minimum Gasteiger partial charge on any atom is -0.354 e. The van der Waals surface area contributed by atoms with Crippen LogP contribution < -0.4 is 5.32 Å². The van der Waals surface area contributed by atoms with Crippen molar-refractivity contribution in [3.8, 4) is 6.07 Å². The lowest BCUT2D eigenvalue weighted by Gasteiger charge is -2.08. The Morgan fingerprint density at radius 1 is 1.21 bits per heavy atom. The van der Waals surface area contributed by atoms with Crippen LogP contribution in [0.3, 0.4) is 0 Å². The molecule has 1 heterocycles. The van der Waals surface area contributed by atoms with Crippen LogP contribution in [0.2, 0.25) is 0 Å². The third-order valence-corrected chi connectivity index (χ3v) is 3.50. The average molecular weight is 269 g/mol. The van der Waals surface area contributed by atoms with E-state index in [4.69, 9.17) is 5.26 Å². The topological polar surface area (TPSA) is 48.7 Å². The normalized spacial score (nSPS) is 10.3. The van der Waals surface area contributed by atoms with E-state index in [1.807, 2.05) is 24.3 Å². The zero-order chi connectivity index (χ0) is 13.2. The highest BCUT2D eigenvalue weighted by atomic mass is 32.1. The number of hydrogen-bond acceptors (Lipinski definition) is 4. The minimum atomic E-state index is -0.417. The van der Waals surface area contributed by atoms with Crippen molar-refractivity contribution in [2.45, 2.75) is 0 Å². The maximum Gasteiger partial charge on any atom is 0.124 e. The molecular weight excluding hydrogens is 261 g/mol. The van der Waals surface area contributed by atoms with Gasteiger partial charge in [0, 0.05) is 5.69 Å². The highest BCUT2D eigenvalue weighted by molar-refractivity contribution is 7.16. The quantitative estimate of drug-likeness (QED) is 0.763. The van der Waals surface area contributed by atoms with Crippen LogP contribution in [-0.2, 0) is 0 Å². The predicted molar refractivity (Wildman–Crippen MR) is 74.0 cm³/mol. The van der Waals surface area contributed by atoms with E-state index in [1.54, 1.807) is 22.9 Å². The Balaban J connectivity index is 1.98. The van der Waals surface area contributed by atoms with Crippen molar-refractivity contribution in [2.24, 2.45) is 0 Å². The number of halogens is 1. The average Bonchev–Trinajstić information content (AvgIpc) is 2.88. The van der Waals surface area contributed by atoms with Gasteiger partial charge in [-0.15, -0.1) is 11.3 Å². The highest BCUT2D eigenvalue weighted by Crippen LogP contribution is 2.26. The molecule has 0 aliphatic carbocycles. The summed E-state index contributed by atoms with van der Waals surface area (Å²) in [7, 11) is 0. The second kappa shape index (κ2) is 4.67. The molecule has 5 heteroatoms. The summed E-state index contributed by atoms with van der Waals surface area (Å²) in [6.45, 7) is 0. The van der Waals surface area contributed by atoms with Crippen LogP contribution in [0.25, 0.3) is 10.2 Å². The molecule has 2 aromatic carbocycles. The van der Waals surface area contributed by atoms with Gasteiger partial charge in [0.05, 0.1) is 27.0 Å². The van der Waals surface area contributed by atoms with E-state index < -0.39 is 5.82 Å². The van der Waals surface area contributed by atoms with Crippen LogP contribution >= 0.6 is 11.3 Å². The standard InChI is InChI=1S/C14H8FN3S/c15-10-1-3-12(9(5-10)7-16)18-11-2-4-13-14(6-11)19-8-17-13/h1-6,8,18H. The molecule has 0 aliphatic rings. The number of nitrogens with zero attached hydrogens (tertiary/aromatic N) is 2. The number of nitriles is 1. The molecule has 0 saturated carbocycles. The summed E-state index contributed by atoms with van der Waals surface area (Å²) >= 11 is 1.55. The zero-order valence-electron chi connectivity index (χ0n) is 9.72. The summed E-state index contributed by atoms with van der Waals surface area (Å²) in [5, 5.41) is 12.1. The molecular formula is C14H8FN3S. The molecule has 3 nitrogen and oxygen atoms in total. The fourth-order valence-electron chi connectivity index (χ4n) is 1.81. The molecule has 0 atom stereocenters. The van der Waals surface area contributed by atoms with Crippen molar-refractivity contribution < 1.29 is 4.39 Å². The molecule has 1 N–H and O–H groups in total. The molecule has 0 fully saturated rings. The van der Waals surface area contributed by atoms with Crippen LogP contribution in [-0.4, -0.2) is 4.98 Å². The zero-order valence-corrected chi connectivity index (χ0v) is 10.5. The van der Waals surface area contributed by atoms with Gasteiger partial charge in [0.15, 0.2) is 0 Å². The summed E-state index contributed by atoms with van der Waals surface area (Å²) in [4.78, 5) is 4.20. The van der Waals surface area contributed by atoms with E-state index in [0.717, 1.165) is 15.9 Å². The van der Waals surface area contributed by atoms with E-state index in [9.17, 15) is 4.39 Å². The third-order valence-electron chi connectivity index (χ3n) is 2.71. The highest BCUT2D eigenvalue weighted by Gasteiger charge is 2.05. The van der Waals surface area contributed by atoms with Crippen LogP contribution in [0, 0.1) is 17.1 Å². The van der Waals surface area contributed by atoms with Crippen molar-refractivity contribution in [1.82, 2.24) is 4.98 Å². The van der Waals surface area contributed by atoms with Crippen LogP contribution in [0.15, 0.2) is 41.9 Å². The summed E-state index contributed by atoms with van der Waals surface area (Å²) in [6.07, 6.45) is 0. The van der Waals surface area contributed by atoms with Gasteiger partial charge in [-0.1, -0.05) is 0 Å². The van der Waals surface area contributed by atoms with Crippen LogP contribution in [0.5, 0.6) is 0 Å². The molecule has 3 rings (SSSR count). The fourth-order valence-corrected chi connectivity index (χ4v) is 2.52. The van der Waals surface area contributed by atoms with Crippen molar-refractivity contribution >= 4 is 32.9 Å². The molecule has 0 radical (unpaired) electrons. The van der Waals surface area contributed by atoms with Crippen molar-refractivity contribution in [2.75, 3.05) is 5.32 Å². The molecule has 0 saturated heterocycles. The van der Waals surface area contributed by atoms with Gasteiger partial charge in [-0.25, -0.2) is 9.37 Å². The summed E-state index contributed by atoms with van der Waals surface area (Å²) in [6, 6.07) is 11.8. The largest absolute Gasteiger partial charge is 0.354 e. The maximum atomic E-state index is 13.1. The van der Waals surface area contributed by atoms with E-state index in [1.165, 1.54) is 12.1 Å². The lowest BCUT2D eigenvalue weighted by molar-refractivity contribution is 0.627. The summed E-state index contributed by atoms with van der Waals surface area (Å²) < 4.78 is 14.1. The molecule has 19 heavy (non-hydrogen) atoms. The Bertz CT molecular complexity index is 789. The molecule has 0 aliphatic heterocycles. The Morgan fingerprint density at radius 2 is 2.11 bits per heavy atom. The first-order valence-electron chi connectivity index (χ1n) is 5.56. The van der Waals surface area contributed by atoms with E-state index in [2.05, 4.69) is 10.3 Å². The Labute approximate surface area is 113 Å². The number of anilines is 2. The Hall–Kier alpha value is -2.45. The molecule has 3 aromatic rings. The lowest BCUT2D eigenvalue weighted by atomic mass is 10.2.